The van der Waals surface area contributed by atoms with Gasteiger partial charge in [0.2, 0.25) is 5.90 Å². The van der Waals surface area contributed by atoms with E-state index in [0.717, 1.165) is 5.56 Å². The smallest absolute Gasteiger partial charge is 0.363 e. The van der Waals surface area contributed by atoms with E-state index in [1.807, 2.05) is 30.3 Å². The number of benzene rings is 3. The van der Waals surface area contributed by atoms with Crippen LogP contribution in [0.1, 0.15) is 16.7 Å². The SMILES string of the molecule is COc1cc(/C=C2\N=C(c3ccc(Cl)cc3Cl)OC2=O)cc(Cl)c1OCc1ccccc1. The van der Waals surface area contributed by atoms with E-state index in [0.29, 0.717) is 44.3 Å². The predicted octanol–water partition coefficient (Wildman–Crippen LogP) is 6.58. The minimum absolute atomic E-state index is 0.0992. The van der Waals surface area contributed by atoms with Crippen molar-refractivity contribution < 1.29 is 19.0 Å². The van der Waals surface area contributed by atoms with E-state index in [1.54, 1.807) is 36.4 Å². The Balaban J connectivity index is 1.61. The van der Waals surface area contributed by atoms with Crippen LogP contribution in [0.5, 0.6) is 11.5 Å². The molecule has 0 fully saturated rings. The van der Waals surface area contributed by atoms with Gasteiger partial charge in [-0.1, -0.05) is 65.1 Å². The Labute approximate surface area is 199 Å². The summed E-state index contributed by atoms with van der Waals surface area (Å²) in [5, 5.41) is 1.13. The maximum absolute atomic E-state index is 12.3. The number of methoxy groups -OCH3 is 1. The molecule has 0 amide bonds. The average Bonchev–Trinajstić information content (AvgIpc) is 3.13. The highest BCUT2D eigenvalue weighted by Gasteiger charge is 2.26. The molecule has 0 spiro atoms. The van der Waals surface area contributed by atoms with Gasteiger partial charge in [-0.05, 0) is 47.5 Å². The summed E-state index contributed by atoms with van der Waals surface area (Å²) in [4.78, 5) is 16.6. The Kier molecular flexibility index (Phi) is 6.70. The molecule has 1 heterocycles. The molecular formula is C24H16Cl3NO4. The summed E-state index contributed by atoms with van der Waals surface area (Å²) in [5.41, 5.74) is 2.15. The Morgan fingerprint density at radius 3 is 2.50 bits per heavy atom. The topological polar surface area (TPSA) is 57.1 Å². The summed E-state index contributed by atoms with van der Waals surface area (Å²) < 4.78 is 16.6. The molecule has 0 saturated heterocycles. The van der Waals surface area contributed by atoms with Crippen LogP contribution in [0.4, 0.5) is 0 Å². The van der Waals surface area contributed by atoms with E-state index in [2.05, 4.69) is 4.99 Å². The van der Waals surface area contributed by atoms with Crippen molar-refractivity contribution in [2.45, 2.75) is 6.61 Å². The Morgan fingerprint density at radius 2 is 1.78 bits per heavy atom. The van der Waals surface area contributed by atoms with E-state index < -0.39 is 5.97 Å². The second kappa shape index (κ2) is 9.65. The zero-order chi connectivity index (χ0) is 22.7. The van der Waals surface area contributed by atoms with Crippen LogP contribution in [0.3, 0.4) is 0 Å². The van der Waals surface area contributed by atoms with Gasteiger partial charge in [0.25, 0.3) is 0 Å². The minimum Gasteiger partial charge on any atom is -0.493 e. The predicted molar refractivity (Wildman–Crippen MR) is 126 cm³/mol. The summed E-state index contributed by atoms with van der Waals surface area (Å²) in [6.45, 7) is 0.333. The average molecular weight is 489 g/mol. The van der Waals surface area contributed by atoms with Gasteiger partial charge in [0, 0.05) is 5.02 Å². The molecule has 0 aromatic heterocycles. The lowest BCUT2D eigenvalue weighted by Gasteiger charge is -2.13. The van der Waals surface area contributed by atoms with Crippen molar-refractivity contribution in [2.24, 2.45) is 4.99 Å². The molecule has 0 aliphatic carbocycles. The normalized spacial score (nSPS) is 14.3. The third kappa shape index (κ3) is 4.91. The largest absolute Gasteiger partial charge is 0.493 e. The lowest BCUT2D eigenvalue weighted by molar-refractivity contribution is -0.129. The Hall–Kier alpha value is -2.99. The molecule has 32 heavy (non-hydrogen) atoms. The molecule has 3 aromatic carbocycles. The van der Waals surface area contributed by atoms with Crippen molar-refractivity contribution in [3.05, 3.63) is 98.1 Å². The van der Waals surface area contributed by atoms with Gasteiger partial charge in [-0.2, -0.15) is 0 Å². The summed E-state index contributed by atoms with van der Waals surface area (Å²) >= 11 is 18.6. The van der Waals surface area contributed by atoms with Crippen LogP contribution in [0, 0.1) is 0 Å². The molecule has 1 aliphatic heterocycles. The van der Waals surface area contributed by atoms with Gasteiger partial charge in [-0.3, -0.25) is 0 Å². The van der Waals surface area contributed by atoms with E-state index in [4.69, 9.17) is 49.0 Å². The lowest BCUT2D eigenvalue weighted by Crippen LogP contribution is -2.05. The molecule has 0 bridgehead atoms. The molecule has 0 unspecified atom stereocenters. The summed E-state index contributed by atoms with van der Waals surface area (Å²) in [7, 11) is 1.51. The molecule has 1 aliphatic rings. The number of hydrogen-bond acceptors (Lipinski definition) is 5. The maximum Gasteiger partial charge on any atom is 0.363 e. The third-order valence-corrected chi connectivity index (χ3v) is 5.39. The van der Waals surface area contributed by atoms with Gasteiger partial charge < -0.3 is 14.2 Å². The highest BCUT2D eigenvalue weighted by molar-refractivity contribution is 6.37. The minimum atomic E-state index is -0.606. The molecule has 5 nitrogen and oxygen atoms in total. The fraction of sp³-hybridized carbons (Fsp3) is 0.0833. The van der Waals surface area contributed by atoms with Gasteiger partial charge in [0.1, 0.15) is 6.61 Å². The number of esters is 1. The summed E-state index contributed by atoms with van der Waals surface area (Å²) in [6, 6.07) is 17.9. The zero-order valence-electron chi connectivity index (χ0n) is 16.8. The first kappa shape index (κ1) is 22.2. The molecule has 8 heteroatoms. The lowest BCUT2D eigenvalue weighted by atomic mass is 10.1. The van der Waals surface area contributed by atoms with E-state index in [-0.39, 0.29) is 11.6 Å². The third-order valence-electron chi connectivity index (χ3n) is 4.56. The number of hydrogen-bond donors (Lipinski definition) is 0. The number of carbonyl (C=O) groups excluding carboxylic acids is 1. The number of rotatable bonds is 6. The standard InChI is InChI=1S/C24H16Cl3NO4/c1-30-21-11-15(9-19(27)22(21)31-13-14-5-3-2-4-6-14)10-20-24(29)32-23(28-20)17-8-7-16(25)12-18(17)26/h2-12H,13H2,1H3/b20-10-. The van der Waals surface area contributed by atoms with Crippen LogP contribution in [-0.2, 0) is 16.1 Å². The second-order valence-corrected chi connectivity index (χ2v) is 8.02. The van der Waals surface area contributed by atoms with Gasteiger partial charge in [-0.15, -0.1) is 0 Å². The Bertz CT molecular complexity index is 1240. The fourth-order valence-corrected chi connectivity index (χ4v) is 3.80. The van der Waals surface area contributed by atoms with Crippen molar-refractivity contribution in [3.63, 3.8) is 0 Å². The first-order chi connectivity index (χ1) is 15.4. The quantitative estimate of drug-likeness (QED) is 0.290. The first-order valence-electron chi connectivity index (χ1n) is 9.47. The molecule has 4 rings (SSSR count). The van der Waals surface area contributed by atoms with Crippen molar-refractivity contribution >= 4 is 52.7 Å². The van der Waals surface area contributed by atoms with E-state index in [9.17, 15) is 4.79 Å². The number of cyclic esters (lactones) is 1. The fourth-order valence-electron chi connectivity index (χ4n) is 3.04. The maximum atomic E-state index is 12.3. The second-order valence-electron chi connectivity index (χ2n) is 6.77. The highest BCUT2D eigenvalue weighted by atomic mass is 35.5. The number of ether oxygens (including phenoxy) is 3. The van der Waals surface area contributed by atoms with E-state index >= 15 is 0 Å². The molecule has 3 aromatic rings. The van der Waals surface area contributed by atoms with Gasteiger partial charge >= 0.3 is 5.97 Å². The molecule has 0 N–H and O–H groups in total. The van der Waals surface area contributed by atoms with Gasteiger partial charge in [0.15, 0.2) is 17.2 Å². The van der Waals surface area contributed by atoms with Crippen LogP contribution >= 0.6 is 34.8 Å². The molecular weight excluding hydrogens is 473 g/mol. The number of halogens is 3. The van der Waals surface area contributed by atoms with Crippen molar-refractivity contribution in [3.8, 4) is 11.5 Å². The number of aliphatic imine (C=N–C) groups is 1. The van der Waals surface area contributed by atoms with Crippen molar-refractivity contribution in [1.82, 2.24) is 0 Å². The highest BCUT2D eigenvalue weighted by Crippen LogP contribution is 2.38. The number of nitrogens with zero attached hydrogens (tertiary/aromatic N) is 1. The first-order valence-corrected chi connectivity index (χ1v) is 10.6. The molecule has 0 atom stereocenters. The van der Waals surface area contributed by atoms with Crippen LogP contribution in [0.2, 0.25) is 15.1 Å². The van der Waals surface area contributed by atoms with Crippen LogP contribution < -0.4 is 9.47 Å². The van der Waals surface area contributed by atoms with Crippen LogP contribution in [-0.4, -0.2) is 19.0 Å². The van der Waals surface area contributed by atoms with Crippen LogP contribution in [0.25, 0.3) is 6.08 Å². The monoisotopic (exact) mass is 487 g/mol. The molecule has 0 saturated carbocycles. The summed E-state index contributed by atoms with van der Waals surface area (Å²) in [5.74, 6) is 0.331. The van der Waals surface area contributed by atoms with E-state index in [1.165, 1.54) is 7.11 Å². The number of carbonyl (C=O) groups is 1. The van der Waals surface area contributed by atoms with Crippen LogP contribution in [0.15, 0.2) is 71.4 Å². The van der Waals surface area contributed by atoms with Gasteiger partial charge in [0.05, 0.1) is 22.7 Å². The van der Waals surface area contributed by atoms with Crippen molar-refractivity contribution in [2.75, 3.05) is 7.11 Å². The van der Waals surface area contributed by atoms with Crippen molar-refractivity contribution in [1.29, 1.82) is 0 Å². The van der Waals surface area contributed by atoms with Gasteiger partial charge in [-0.25, -0.2) is 9.79 Å². The molecule has 162 valence electrons. The molecule has 0 radical (unpaired) electrons. The summed E-state index contributed by atoms with van der Waals surface area (Å²) in [6.07, 6.45) is 1.55. The Morgan fingerprint density at radius 1 is 1.00 bits per heavy atom. The zero-order valence-corrected chi connectivity index (χ0v) is 19.0.